The highest BCUT2D eigenvalue weighted by molar-refractivity contribution is 8.00. The molecule has 0 saturated heterocycles. The number of aromatic nitrogens is 3. The maximum absolute atomic E-state index is 4.48. The Kier molecular flexibility index (Phi) is 5.30. The largest absolute Gasteiger partial charge is 0.310 e. The fraction of sp³-hybridized carbons (Fsp3) is 0.462. The average molecular weight is 294 g/mol. The van der Waals surface area contributed by atoms with Gasteiger partial charge in [-0.1, -0.05) is 19.9 Å². The van der Waals surface area contributed by atoms with E-state index in [-0.39, 0.29) is 0 Å². The molecule has 0 aliphatic heterocycles. The summed E-state index contributed by atoms with van der Waals surface area (Å²) in [4.78, 5) is 8.95. The first-order chi connectivity index (χ1) is 9.24. The molecule has 19 heavy (non-hydrogen) atoms. The molecular formula is C13H18N4S2. The van der Waals surface area contributed by atoms with Crippen LogP contribution in [0.2, 0.25) is 0 Å². The van der Waals surface area contributed by atoms with Crippen LogP contribution in [0.5, 0.6) is 0 Å². The quantitative estimate of drug-likeness (QED) is 0.885. The van der Waals surface area contributed by atoms with Crippen LogP contribution in [0.3, 0.4) is 0 Å². The van der Waals surface area contributed by atoms with Crippen molar-refractivity contribution < 1.29 is 0 Å². The van der Waals surface area contributed by atoms with Gasteiger partial charge in [-0.15, -0.1) is 0 Å². The molecular weight excluding hydrogens is 276 g/mol. The van der Waals surface area contributed by atoms with E-state index in [4.69, 9.17) is 0 Å². The lowest BCUT2D eigenvalue weighted by Gasteiger charge is -2.15. The van der Waals surface area contributed by atoms with Gasteiger partial charge < -0.3 is 5.32 Å². The average Bonchev–Trinajstić information content (AvgIpc) is 2.87. The number of pyridine rings is 1. The van der Waals surface area contributed by atoms with Gasteiger partial charge in [0.15, 0.2) is 4.34 Å². The normalized spacial score (nSPS) is 12.6. The van der Waals surface area contributed by atoms with Crippen LogP contribution in [0, 0.1) is 0 Å². The molecule has 6 heteroatoms. The number of hydrogen-bond acceptors (Lipinski definition) is 6. The minimum absolute atomic E-state index is 0.291. The Morgan fingerprint density at radius 2 is 2.26 bits per heavy atom. The summed E-state index contributed by atoms with van der Waals surface area (Å²) in [5, 5.41) is 4.43. The number of rotatable bonds is 6. The molecule has 0 radical (unpaired) electrons. The summed E-state index contributed by atoms with van der Waals surface area (Å²) >= 11 is 3.04. The third kappa shape index (κ3) is 3.75. The van der Waals surface area contributed by atoms with Crippen LogP contribution in [0.4, 0.5) is 0 Å². The molecule has 0 aliphatic carbocycles. The molecule has 4 nitrogen and oxygen atoms in total. The smallest absolute Gasteiger partial charge is 0.176 e. The summed E-state index contributed by atoms with van der Waals surface area (Å²) in [5.74, 6) is 0.907. The SMILES string of the molecule is CCNC(C)c1cccnc1Sc1nc(CC)ns1. The molecule has 2 aromatic rings. The number of hydrogen-bond donors (Lipinski definition) is 1. The van der Waals surface area contributed by atoms with E-state index in [1.165, 1.54) is 17.1 Å². The van der Waals surface area contributed by atoms with Gasteiger partial charge in [0.1, 0.15) is 10.9 Å². The molecule has 102 valence electrons. The van der Waals surface area contributed by atoms with Crippen molar-refractivity contribution in [2.45, 2.75) is 42.6 Å². The van der Waals surface area contributed by atoms with E-state index >= 15 is 0 Å². The first-order valence-corrected chi connectivity index (χ1v) is 8.02. The summed E-state index contributed by atoms with van der Waals surface area (Å²) in [7, 11) is 0. The summed E-state index contributed by atoms with van der Waals surface area (Å²) in [6, 6.07) is 4.38. The lowest BCUT2D eigenvalue weighted by molar-refractivity contribution is 0.585. The van der Waals surface area contributed by atoms with Crippen molar-refractivity contribution in [1.82, 2.24) is 19.7 Å². The summed E-state index contributed by atoms with van der Waals surface area (Å²) in [6.45, 7) is 7.27. The zero-order valence-electron chi connectivity index (χ0n) is 11.4. The molecule has 2 heterocycles. The topological polar surface area (TPSA) is 50.7 Å². The van der Waals surface area contributed by atoms with E-state index < -0.39 is 0 Å². The monoisotopic (exact) mass is 294 g/mol. The second-order valence-corrected chi connectivity index (χ2v) is 6.10. The molecule has 0 bridgehead atoms. The molecule has 0 amide bonds. The number of nitrogens with one attached hydrogen (secondary N) is 1. The lowest BCUT2D eigenvalue weighted by Crippen LogP contribution is -2.18. The second kappa shape index (κ2) is 6.98. The molecule has 2 aromatic heterocycles. The minimum atomic E-state index is 0.291. The molecule has 0 aromatic carbocycles. The van der Waals surface area contributed by atoms with Crippen LogP contribution in [0.25, 0.3) is 0 Å². The Balaban J connectivity index is 2.19. The second-order valence-electron chi connectivity index (χ2n) is 4.11. The van der Waals surface area contributed by atoms with Gasteiger partial charge >= 0.3 is 0 Å². The van der Waals surface area contributed by atoms with E-state index in [2.05, 4.69) is 46.5 Å². The van der Waals surface area contributed by atoms with E-state index in [9.17, 15) is 0 Å². The molecule has 0 fully saturated rings. The van der Waals surface area contributed by atoms with E-state index in [1.54, 1.807) is 11.8 Å². The van der Waals surface area contributed by atoms with Crippen molar-refractivity contribution in [3.8, 4) is 0 Å². The van der Waals surface area contributed by atoms with E-state index in [0.717, 1.165) is 28.2 Å². The number of nitrogens with zero attached hydrogens (tertiary/aromatic N) is 3. The number of aryl methyl sites for hydroxylation is 1. The minimum Gasteiger partial charge on any atom is -0.310 e. The van der Waals surface area contributed by atoms with Crippen LogP contribution < -0.4 is 5.32 Å². The molecule has 1 N–H and O–H groups in total. The summed E-state index contributed by atoms with van der Waals surface area (Å²) in [5.41, 5.74) is 1.21. The summed E-state index contributed by atoms with van der Waals surface area (Å²) < 4.78 is 5.27. The van der Waals surface area contributed by atoms with Gasteiger partial charge in [-0.25, -0.2) is 9.97 Å². The Labute approximate surface area is 122 Å². The van der Waals surface area contributed by atoms with Gasteiger partial charge in [0.25, 0.3) is 0 Å². The van der Waals surface area contributed by atoms with Crippen molar-refractivity contribution in [3.63, 3.8) is 0 Å². The molecule has 2 rings (SSSR count). The van der Waals surface area contributed by atoms with Crippen molar-refractivity contribution in [2.24, 2.45) is 0 Å². The molecule has 0 spiro atoms. The zero-order chi connectivity index (χ0) is 13.7. The van der Waals surface area contributed by atoms with Crippen LogP contribution in [0.1, 0.15) is 38.2 Å². The summed E-state index contributed by atoms with van der Waals surface area (Å²) in [6.07, 6.45) is 2.70. The third-order valence-electron chi connectivity index (χ3n) is 2.73. The highest BCUT2D eigenvalue weighted by Gasteiger charge is 2.13. The van der Waals surface area contributed by atoms with Crippen molar-refractivity contribution >= 4 is 23.3 Å². The van der Waals surface area contributed by atoms with Gasteiger partial charge in [-0.05, 0) is 42.8 Å². The van der Waals surface area contributed by atoms with E-state index in [0.29, 0.717) is 6.04 Å². The molecule has 0 aliphatic rings. The highest BCUT2D eigenvalue weighted by atomic mass is 32.2. The Bertz CT molecular complexity index is 527. The molecule has 0 saturated carbocycles. The standard InChI is InChI=1S/C13H18N4S2/c1-4-11-16-13(19-17-11)18-12-10(7-6-8-15-12)9(3)14-5-2/h6-9,14H,4-5H2,1-3H3. The van der Waals surface area contributed by atoms with Gasteiger partial charge in [-0.2, -0.15) is 4.37 Å². The van der Waals surface area contributed by atoms with Crippen molar-refractivity contribution in [3.05, 3.63) is 29.7 Å². The predicted octanol–water partition coefficient (Wildman–Crippen LogP) is 3.32. The van der Waals surface area contributed by atoms with Crippen LogP contribution in [-0.4, -0.2) is 20.9 Å². The maximum atomic E-state index is 4.48. The lowest BCUT2D eigenvalue weighted by atomic mass is 10.1. The fourth-order valence-corrected chi connectivity index (χ4v) is 3.53. The van der Waals surface area contributed by atoms with Crippen molar-refractivity contribution in [1.29, 1.82) is 0 Å². The van der Waals surface area contributed by atoms with Crippen LogP contribution in [0.15, 0.2) is 27.7 Å². The van der Waals surface area contributed by atoms with Crippen molar-refractivity contribution in [2.75, 3.05) is 6.54 Å². The van der Waals surface area contributed by atoms with Gasteiger partial charge in [-0.3, -0.25) is 0 Å². The molecule has 1 unspecified atom stereocenters. The first kappa shape index (κ1) is 14.4. The van der Waals surface area contributed by atoms with Gasteiger partial charge in [0.2, 0.25) is 0 Å². The van der Waals surface area contributed by atoms with Crippen LogP contribution >= 0.6 is 23.3 Å². The third-order valence-corrected chi connectivity index (χ3v) is 4.55. The van der Waals surface area contributed by atoms with Gasteiger partial charge in [0.05, 0.1) is 0 Å². The van der Waals surface area contributed by atoms with E-state index in [1.807, 2.05) is 12.3 Å². The zero-order valence-corrected chi connectivity index (χ0v) is 13.0. The Hall–Kier alpha value is -0.980. The predicted molar refractivity (Wildman–Crippen MR) is 79.7 cm³/mol. The Morgan fingerprint density at radius 1 is 1.42 bits per heavy atom. The maximum Gasteiger partial charge on any atom is 0.176 e. The highest BCUT2D eigenvalue weighted by Crippen LogP contribution is 2.32. The fourth-order valence-electron chi connectivity index (χ4n) is 1.74. The first-order valence-electron chi connectivity index (χ1n) is 6.43. The van der Waals surface area contributed by atoms with Crippen LogP contribution in [-0.2, 0) is 6.42 Å². The van der Waals surface area contributed by atoms with Gasteiger partial charge in [0, 0.05) is 24.2 Å². The molecule has 1 atom stereocenters. The Morgan fingerprint density at radius 3 is 2.95 bits per heavy atom.